The van der Waals surface area contributed by atoms with Gasteiger partial charge in [0.15, 0.2) is 5.82 Å². The molecule has 7 heteroatoms. The standard InChI is InChI=1S/C19H23N5O2/c1-2-9-24-14-8-7-13(18(24)25)10-23(11-14)19(26)16-6-4-3-5-15(16)17-20-12-21-22-17/h3-6,12-14H,2,7-11H2,1H3,(H,20,21,22). The summed E-state index contributed by atoms with van der Waals surface area (Å²) in [6, 6.07) is 7.55. The van der Waals surface area contributed by atoms with E-state index in [0.717, 1.165) is 31.4 Å². The number of rotatable bonds is 4. The summed E-state index contributed by atoms with van der Waals surface area (Å²) in [6.07, 6.45) is 4.22. The Labute approximate surface area is 152 Å². The van der Waals surface area contributed by atoms with Crippen LogP contribution in [0, 0.1) is 5.92 Å². The van der Waals surface area contributed by atoms with Crippen molar-refractivity contribution in [3.63, 3.8) is 0 Å². The van der Waals surface area contributed by atoms with Crippen molar-refractivity contribution in [2.45, 2.75) is 32.2 Å². The number of hydrogen-bond donors (Lipinski definition) is 1. The maximum Gasteiger partial charge on any atom is 0.254 e. The first kappa shape index (κ1) is 16.8. The van der Waals surface area contributed by atoms with E-state index < -0.39 is 0 Å². The number of H-pyrrole nitrogens is 1. The number of aromatic amines is 1. The molecule has 1 aromatic carbocycles. The van der Waals surface area contributed by atoms with Crippen molar-refractivity contribution in [1.29, 1.82) is 0 Å². The monoisotopic (exact) mass is 353 g/mol. The topological polar surface area (TPSA) is 82.2 Å². The Kier molecular flexibility index (Phi) is 4.44. The fourth-order valence-corrected chi connectivity index (χ4v) is 4.12. The normalized spacial score (nSPS) is 22.6. The smallest absolute Gasteiger partial charge is 0.254 e. The minimum absolute atomic E-state index is 0.0416. The molecule has 1 aromatic heterocycles. The summed E-state index contributed by atoms with van der Waals surface area (Å²) in [5, 5.41) is 6.72. The van der Waals surface area contributed by atoms with Gasteiger partial charge >= 0.3 is 0 Å². The first-order valence-electron chi connectivity index (χ1n) is 9.23. The van der Waals surface area contributed by atoms with Gasteiger partial charge in [-0.2, -0.15) is 5.10 Å². The highest BCUT2D eigenvalue weighted by Gasteiger charge is 2.41. The van der Waals surface area contributed by atoms with Crippen molar-refractivity contribution >= 4 is 11.8 Å². The molecule has 26 heavy (non-hydrogen) atoms. The van der Waals surface area contributed by atoms with Crippen LogP contribution in [0.15, 0.2) is 30.6 Å². The van der Waals surface area contributed by atoms with E-state index >= 15 is 0 Å². The summed E-state index contributed by atoms with van der Waals surface area (Å²) >= 11 is 0. The molecule has 136 valence electrons. The molecule has 5 rings (SSSR count). The number of carbonyl (C=O) groups is 2. The largest absolute Gasteiger partial charge is 0.338 e. The van der Waals surface area contributed by atoms with Crippen molar-refractivity contribution < 1.29 is 9.59 Å². The van der Waals surface area contributed by atoms with Crippen LogP contribution in [0.2, 0.25) is 0 Å². The van der Waals surface area contributed by atoms with Crippen LogP contribution < -0.4 is 0 Å². The number of amides is 2. The number of carbonyl (C=O) groups excluding carboxylic acids is 2. The van der Waals surface area contributed by atoms with E-state index in [-0.39, 0.29) is 23.8 Å². The summed E-state index contributed by atoms with van der Waals surface area (Å²) in [5.74, 6) is 0.666. The van der Waals surface area contributed by atoms with Crippen LogP contribution in [0.1, 0.15) is 36.5 Å². The molecule has 1 N–H and O–H groups in total. The lowest BCUT2D eigenvalue weighted by atomic mass is 9.94. The van der Waals surface area contributed by atoms with Gasteiger partial charge in [0.2, 0.25) is 5.91 Å². The highest BCUT2D eigenvalue weighted by atomic mass is 16.2. The highest BCUT2D eigenvalue weighted by molar-refractivity contribution is 6.00. The molecule has 0 aliphatic carbocycles. The van der Waals surface area contributed by atoms with E-state index in [1.807, 2.05) is 34.1 Å². The van der Waals surface area contributed by atoms with Crippen molar-refractivity contribution in [3.8, 4) is 11.4 Å². The molecule has 3 aliphatic heterocycles. The predicted octanol–water partition coefficient (Wildman–Crippen LogP) is 1.94. The van der Waals surface area contributed by atoms with Gasteiger partial charge < -0.3 is 9.80 Å². The van der Waals surface area contributed by atoms with Crippen LogP contribution in [0.25, 0.3) is 11.4 Å². The maximum atomic E-state index is 13.3. The Morgan fingerprint density at radius 3 is 2.88 bits per heavy atom. The molecule has 7 nitrogen and oxygen atoms in total. The Balaban J connectivity index is 1.63. The number of aromatic nitrogens is 3. The van der Waals surface area contributed by atoms with Crippen molar-refractivity contribution in [3.05, 3.63) is 36.2 Å². The lowest BCUT2D eigenvalue weighted by Gasteiger charge is -2.35. The molecule has 0 radical (unpaired) electrons. The van der Waals surface area contributed by atoms with Gasteiger partial charge in [0.1, 0.15) is 6.33 Å². The number of nitrogens with zero attached hydrogens (tertiary/aromatic N) is 4. The first-order chi connectivity index (χ1) is 12.7. The van der Waals surface area contributed by atoms with Crippen molar-refractivity contribution in [1.82, 2.24) is 25.0 Å². The number of piperidine rings is 1. The van der Waals surface area contributed by atoms with Crippen LogP contribution in [-0.2, 0) is 4.79 Å². The number of hydrogen-bond acceptors (Lipinski definition) is 4. The minimum atomic E-state index is -0.0818. The fourth-order valence-electron chi connectivity index (χ4n) is 4.12. The number of fused-ring (bicyclic) bond motifs is 4. The van der Waals surface area contributed by atoms with Crippen LogP contribution in [-0.4, -0.2) is 62.5 Å². The van der Waals surface area contributed by atoms with Crippen molar-refractivity contribution in [2.75, 3.05) is 19.6 Å². The SMILES string of the molecule is CCCN1C(=O)C2CCC1CN(C(=O)c1ccccc1-c1ncn[nH]1)C2. The van der Waals surface area contributed by atoms with Gasteiger partial charge in [-0.15, -0.1) is 0 Å². The van der Waals surface area contributed by atoms with E-state index in [0.29, 0.717) is 24.5 Å². The third kappa shape index (κ3) is 2.87. The highest BCUT2D eigenvalue weighted by Crippen LogP contribution is 2.31. The second kappa shape index (κ2) is 6.90. The third-order valence-electron chi connectivity index (χ3n) is 5.37. The van der Waals surface area contributed by atoms with Gasteiger partial charge in [0.25, 0.3) is 5.91 Å². The Morgan fingerprint density at radius 1 is 1.27 bits per heavy atom. The molecule has 3 fully saturated rings. The van der Waals surface area contributed by atoms with Gasteiger partial charge in [-0.25, -0.2) is 4.98 Å². The molecule has 2 atom stereocenters. The maximum absolute atomic E-state index is 13.3. The van der Waals surface area contributed by atoms with E-state index in [1.165, 1.54) is 6.33 Å². The number of benzene rings is 1. The summed E-state index contributed by atoms with van der Waals surface area (Å²) in [4.78, 5) is 34.0. The van der Waals surface area contributed by atoms with E-state index in [2.05, 4.69) is 22.1 Å². The predicted molar refractivity (Wildman–Crippen MR) is 96.2 cm³/mol. The third-order valence-corrected chi connectivity index (χ3v) is 5.37. The van der Waals surface area contributed by atoms with Gasteiger partial charge in [0, 0.05) is 31.2 Å². The minimum Gasteiger partial charge on any atom is -0.338 e. The molecule has 0 saturated carbocycles. The molecule has 3 aliphatic rings. The van der Waals surface area contributed by atoms with E-state index in [1.54, 1.807) is 0 Å². The molecule has 2 amide bonds. The van der Waals surface area contributed by atoms with E-state index in [4.69, 9.17) is 0 Å². The van der Waals surface area contributed by atoms with E-state index in [9.17, 15) is 9.59 Å². The second-order valence-corrected chi connectivity index (χ2v) is 7.05. The molecule has 2 aromatic rings. The van der Waals surface area contributed by atoms with Gasteiger partial charge in [-0.1, -0.05) is 25.1 Å². The summed E-state index contributed by atoms with van der Waals surface area (Å²) in [5.41, 5.74) is 1.34. The van der Waals surface area contributed by atoms with Gasteiger partial charge in [0.05, 0.1) is 11.5 Å². The summed E-state index contributed by atoms with van der Waals surface area (Å²) < 4.78 is 0. The molecule has 3 saturated heterocycles. The Morgan fingerprint density at radius 2 is 2.12 bits per heavy atom. The molecule has 2 unspecified atom stereocenters. The molecular formula is C19H23N5O2. The zero-order valence-electron chi connectivity index (χ0n) is 14.9. The lowest BCUT2D eigenvalue weighted by molar-refractivity contribution is -0.139. The zero-order chi connectivity index (χ0) is 18.1. The van der Waals surface area contributed by atoms with Crippen LogP contribution in [0.3, 0.4) is 0 Å². The quantitative estimate of drug-likeness (QED) is 0.911. The average Bonchev–Trinajstić information content (AvgIpc) is 3.07. The van der Waals surface area contributed by atoms with Gasteiger partial charge in [-0.05, 0) is 25.3 Å². The average molecular weight is 353 g/mol. The molecule has 4 heterocycles. The second-order valence-electron chi connectivity index (χ2n) is 7.05. The molecule has 0 spiro atoms. The molecular weight excluding hydrogens is 330 g/mol. The lowest BCUT2D eigenvalue weighted by Crippen LogP contribution is -2.48. The number of nitrogens with one attached hydrogen (secondary N) is 1. The van der Waals surface area contributed by atoms with Crippen molar-refractivity contribution in [2.24, 2.45) is 5.92 Å². The zero-order valence-corrected chi connectivity index (χ0v) is 14.9. The van der Waals surface area contributed by atoms with Crippen LogP contribution in [0.5, 0.6) is 0 Å². The van der Waals surface area contributed by atoms with Crippen LogP contribution in [0.4, 0.5) is 0 Å². The molecule has 2 bridgehead atoms. The Bertz CT molecular complexity index is 804. The van der Waals surface area contributed by atoms with Gasteiger partial charge in [-0.3, -0.25) is 14.7 Å². The summed E-state index contributed by atoms with van der Waals surface area (Å²) in [6.45, 7) is 3.96. The fraction of sp³-hybridized carbons (Fsp3) is 0.474. The van der Waals surface area contributed by atoms with Crippen LogP contribution >= 0.6 is 0 Å². The Hall–Kier alpha value is -2.70. The first-order valence-corrected chi connectivity index (χ1v) is 9.23. The summed E-state index contributed by atoms with van der Waals surface area (Å²) in [7, 11) is 0.